The van der Waals surface area contributed by atoms with Crippen LogP contribution >= 0.6 is 0 Å². The number of carboxylic acids is 1. The van der Waals surface area contributed by atoms with Crippen LogP contribution in [-0.4, -0.2) is 65.0 Å². The van der Waals surface area contributed by atoms with Crippen molar-refractivity contribution in [3.63, 3.8) is 0 Å². The third-order valence-electron chi connectivity index (χ3n) is 2.85. The lowest BCUT2D eigenvalue weighted by atomic mass is 10.2. The van der Waals surface area contributed by atoms with E-state index in [9.17, 15) is 18.3 Å². The molecule has 0 saturated carbocycles. The third kappa shape index (κ3) is 4.08. The molecular weight excluding hydrogens is 298 g/mol. The van der Waals surface area contributed by atoms with Gasteiger partial charge < -0.3 is 19.5 Å². The monoisotopic (exact) mass is 317 g/mol. The second-order valence-corrected chi connectivity index (χ2v) is 6.74. The van der Waals surface area contributed by atoms with E-state index in [1.54, 1.807) is 19.0 Å². The van der Waals surface area contributed by atoms with Crippen LogP contribution in [0.1, 0.15) is 10.4 Å². The first kappa shape index (κ1) is 17.3. The van der Waals surface area contributed by atoms with Crippen LogP contribution < -0.4 is 9.47 Å². The highest BCUT2D eigenvalue weighted by atomic mass is 32.2. The van der Waals surface area contributed by atoms with Crippen LogP contribution in [0, 0.1) is 0 Å². The first-order valence-electron chi connectivity index (χ1n) is 6.09. The first-order valence-corrected chi connectivity index (χ1v) is 7.75. The fourth-order valence-electron chi connectivity index (χ4n) is 1.70. The maximum atomic E-state index is 12.3. The van der Waals surface area contributed by atoms with Gasteiger partial charge in [-0.2, -0.15) is 0 Å². The molecule has 0 radical (unpaired) electrons. The summed E-state index contributed by atoms with van der Waals surface area (Å²) in [6, 6.07) is 2.37. The number of rotatable bonds is 7. The minimum Gasteiger partial charge on any atom is -0.493 e. The molecule has 7 nitrogen and oxygen atoms in total. The highest BCUT2D eigenvalue weighted by Gasteiger charge is 2.23. The Kier molecular flexibility index (Phi) is 5.56. The lowest BCUT2D eigenvalue weighted by Gasteiger charge is -2.14. The predicted octanol–water partition coefficient (Wildman–Crippen LogP) is 0.737. The van der Waals surface area contributed by atoms with E-state index < -0.39 is 15.8 Å². The van der Waals surface area contributed by atoms with Crippen molar-refractivity contribution < 1.29 is 27.8 Å². The van der Waals surface area contributed by atoms with Gasteiger partial charge in [0.15, 0.2) is 21.3 Å². The number of ether oxygens (including phenoxy) is 2. The Morgan fingerprint density at radius 2 is 1.86 bits per heavy atom. The zero-order chi connectivity index (χ0) is 16.2. The normalized spacial score (nSPS) is 11.5. The molecule has 21 heavy (non-hydrogen) atoms. The highest BCUT2D eigenvalue weighted by molar-refractivity contribution is 7.91. The number of hydrogen-bond acceptors (Lipinski definition) is 6. The number of carboxylic acid groups (broad SMARTS) is 1. The Labute approximate surface area is 124 Å². The van der Waals surface area contributed by atoms with Gasteiger partial charge in [-0.1, -0.05) is 0 Å². The smallest absolute Gasteiger partial charge is 0.339 e. The highest BCUT2D eigenvalue weighted by Crippen LogP contribution is 2.34. The first-order chi connectivity index (χ1) is 9.72. The Morgan fingerprint density at radius 1 is 1.24 bits per heavy atom. The summed E-state index contributed by atoms with van der Waals surface area (Å²) in [7, 11) is 2.52. The van der Waals surface area contributed by atoms with Gasteiger partial charge in [0.25, 0.3) is 0 Å². The number of sulfone groups is 1. The van der Waals surface area contributed by atoms with Crippen LogP contribution in [0.4, 0.5) is 0 Å². The van der Waals surface area contributed by atoms with Gasteiger partial charge in [-0.05, 0) is 20.2 Å². The molecule has 0 saturated heterocycles. The van der Waals surface area contributed by atoms with Gasteiger partial charge in [0.05, 0.1) is 24.9 Å². The average Bonchev–Trinajstić information content (AvgIpc) is 2.43. The summed E-state index contributed by atoms with van der Waals surface area (Å²) in [5.74, 6) is -1.33. The lowest BCUT2D eigenvalue weighted by Crippen LogP contribution is -2.22. The maximum Gasteiger partial charge on any atom is 0.339 e. The largest absolute Gasteiger partial charge is 0.493 e. The van der Waals surface area contributed by atoms with Crippen molar-refractivity contribution in [3.8, 4) is 11.5 Å². The molecule has 0 aliphatic rings. The van der Waals surface area contributed by atoms with E-state index in [2.05, 4.69) is 0 Å². The van der Waals surface area contributed by atoms with Crippen molar-refractivity contribution in [1.29, 1.82) is 0 Å². The van der Waals surface area contributed by atoms with Crippen LogP contribution in [-0.2, 0) is 9.84 Å². The average molecular weight is 317 g/mol. The van der Waals surface area contributed by atoms with E-state index in [0.717, 1.165) is 6.07 Å². The number of nitrogens with zero attached hydrogens (tertiary/aromatic N) is 1. The molecule has 0 aromatic heterocycles. The van der Waals surface area contributed by atoms with E-state index in [-0.39, 0.29) is 27.7 Å². The second-order valence-electron chi connectivity index (χ2n) is 4.63. The molecule has 0 bridgehead atoms. The maximum absolute atomic E-state index is 12.3. The number of aromatic carboxylic acids is 1. The van der Waals surface area contributed by atoms with Gasteiger partial charge in [-0.15, -0.1) is 0 Å². The fraction of sp³-hybridized carbons (Fsp3) is 0.462. The van der Waals surface area contributed by atoms with Crippen molar-refractivity contribution in [2.24, 2.45) is 0 Å². The van der Waals surface area contributed by atoms with Gasteiger partial charge in [0.1, 0.15) is 5.56 Å². The van der Waals surface area contributed by atoms with Gasteiger partial charge in [-0.3, -0.25) is 0 Å². The lowest BCUT2D eigenvalue weighted by molar-refractivity contribution is 0.0692. The molecule has 0 atom stereocenters. The molecule has 1 aromatic rings. The van der Waals surface area contributed by atoms with Crippen LogP contribution in [0.15, 0.2) is 17.0 Å². The molecule has 1 N–H and O–H groups in total. The van der Waals surface area contributed by atoms with E-state index in [1.807, 2.05) is 0 Å². The van der Waals surface area contributed by atoms with Crippen molar-refractivity contribution in [2.45, 2.75) is 4.90 Å². The molecule has 8 heteroatoms. The summed E-state index contributed by atoms with van der Waals surface area (Å²) in [5.41, 5.74) is -0.250. The minimum absolute atomic E-state index is 0.00319. The van der Waals surface area contributed by atoms with Crippen molar-refractivity contribution in [3.05, 3.63) is 17.7 Å². The summed E-state index contributed by atoms with van der Waals surface area (Å²) in [5, 5.41) is 9.19. The van der Waals surface area contributed by atoms with Crippen LogP contribution in [0.5, 0.6) is 11.5 Å². The Hall–Kier alpha value is -1.80. The molecular formula is C13H19NO6S. The van der Waals surface area contributed by atoms with E-state index in [4.69, 9.17) is 9.47 Å². The number of benzene rings is 1. The van der Waals surface area contributed by atoms with Crippen molar-refractivity contribution in [2.75, 3.05) is 40.6 Å². The zero-order valence-electron chi connectivity index (χ0n) is 12.4. The summed E-state index contributed by atoms with van der Waals surface area (Å²) in [4.78, 5) is 12.9. The number of hydrogen-bond donors (Lipinski definition) is 1. The predicted molar refractivity (Wildman–Crippen MR) is 77.1 cm³/mol. The standard InChI is InChI=1S/C13H19NO6S/c1-14(2)5-6-21(17,18)9-7-10(13(15)16)12(20-4)11(8-9)19-3/h7-8H,5-6H2,1-4H3,(H,15,16). The van der Waals surface area contributed by atoms with Crippen molar-refractivity contribution >= 4 is 15.8 Å². The summed E-state index contributed by atoms with van der Waals surface area (Å²) < 4.78 is 34.5. The topological polar surface area (TPSA) is 93.1 Å². The van der Waals surface area contributed by atoms with Crippen LogP contribution in [0.3, 0.4) is 0 Å². The van der Waals surface area contributed by atoms with E-state index in [1.165, 1.54) is 20.3 Å². The minimum atomic E-state index is -3.61. The molecule has 118 valence electrons. The molecule has 0 heterocycles. The van der Waals surface area contributed by atoms with E-state index >= 15 is 0 Å². The van der Waals surface area contributed by atoms with Gasteiger partial charge in [0.2, 0.25) is 0 Å². The summed E-state index contributed by atoms with van der Waals surface area (Å²) in [6.07, 6.45) is 0. The Morgan fingerprint density at radius 3 is 2.29 bits per heavy atom. The molecule has 1 aromatic carbocycles. The zero-order valence-corrected chi connectivity index (χ0v) is 13.2. The van der Waals surface area contributed by atoms with Crippen LogP contribution in [0.2, 0.25) is 0 Å². The number of methoxy groups -OCH3 is 2. The van der Waals surface area contributed by atoms with E-state index in [0.29, 0.717) is 6.54 Å². The van der Waals surface area contributed by atoms with Gasteiger partial charge in [-0.25, -0.2) is 13.2 Å². The second kappa shape index (κ2) is 6.77. The van der Waals surface area contributed by atoms with Gasteiger partial charge >= 0.3 is 5.97 Å². The molecule has 0 aliphatic heterocycles. The molecule has 0 aliphatic carbocycles. The SMILES string of the molecule is COc1cc(S(=O)(=O)CCN(C)C)cc(C(=O)O)c1OC. The third-order valence-corrected chi connectivity index (χ3v) is 4.52. The Balaban J connectivity index is 3.38. The molecule has 0 amide bonds. The summed E-state index contributed by atoms with van der Waals surface area (Å²) in [6.45, 7) is 0.332. The molecule has 0 fully saturated rings. The molecule has 1 rings (SSSR count). The molecule has 0 spiro atoms. The fourth-order valence-corrected chi connectivity index (χ4v) is 3.12. The molecule has 0 unspecified atom stereocenters. The van der Waals surface area contributed by atoms with Gasteiger partial charge in [0, 0.05) is 12.6 Å². The van der Waals surface area contributed by atoms with Crippen LogP contribution in [0.25, 0.3) is 0 Å². The quantitative estimate of drug-likeness (QED) is 0.792. The summed E-state index contributed by atoms with van der Waals surface area (Å²) >= 11 is 0. The number of carbonyl (C=O) groups is 1. The Bertz CT molecular complexity index is 624. The van der Waals surface area contributed by atoms with Crippen molar-refractivity contribution in [1.82, 2.24) is 4.90 Å².